The van der Waals surface area contributed by atoms with Gasteiger partial charge in [0.25, 0.3) is 5.91 Å². The molecule has 0 bridgehead atoms. The quantitative estimate of drug-likeness (QED) is 0.628. The molecule has 0 spiro atoms. The van der Waals surface area contributed by atoms with Crippen LogP contribution in [0.5, 0.6) is 0 Å². The summed E-state index contributed by atoms with van der Waals surface area (Å²) < 4.78 is 76.9. The third kappa shape index (κ3) is 5.59. The van der Waals surface area contributed by atoms with Gasteiger partial charge < -0.3 is 10.2 Å². The smallest absolute Gasteiger partial charge is 0.329 e. The van der Waals surface area contributed by atoms with Crippen molar-refractivity contribution in [2.24, 2.45) is 5.92 Å². The highest BCUT2D eigenvalue weighted by molar-refractivity contribution is 5.81. The number of carbonyl (C=O) groups excluding carboxylic acids is 2. The predicted octanol–water partition coefficient (Wildman–Crippen LogP) is 3.05. The lowest BCUT2D eigenvalue weighted by Gasteiger charge is -2.29. The lowest BCUT2D eigenvalue weighted by molar-refractivity contribution is -0.240. The molecule has 1 aromatic carbocycles. The van der Waals surface area contributed by atoms with Crippen molar-refractivity contribution in [1.29, 1.82) is 0 Å². The van der Waals surface area contributed by atoms with Crippen molar-refractivity contribution < 1.29 is 40.8 Å². The zero-order valence-corrected chi connectivity index (χ0v) is 13.9. The molecule has 1 aliphatic rings. The number of hydroxylamine groups is 2. The Labute approximate surface area is 150 Å². The Bertz CT molecular complexity index is 683. The van der Waals surface area contributed by atoms with Crippen LogP contribution in [0.25, 0.3) is 0 Å². The Hall–Kier alpha value is -2.30. The van der Waals surface area contributed by atoms with Gasteiger partial charge in [0.1, 0.15) is 0 Å². The molecule has 11 heteroatoms. The van der Waals surface area contributed by atoms with Gasteiger partial charge in [0.05, 0.1) is 12.1 Å². The lowest BCUT2D eigenvalue weighted by Crippen LogP contribution is -2.44. The minimum Gasteiger partial charge on any atom is -0.329 e. The maximum absolute atomic E-state index is 13.1. The fourth-order valence-corrected chi connectivity index (χ4v) is 2.67. The molecule has 2 rings (SSSR count). The number of alkyl halides is 6. The number of piperidine rings is 1. The molecule has 1 N–H and O–H groups in total. The summed E-state index contributed by atoms with van der Waals surface area (Å²) in [5.74, 6) is -4.40. The number of rotatable bonds is 3. The number of carbonyl (C=O) groups is 2. The van der Waals surface area contributed by atoms with E-state index in [-0.39, 0.29) is 17.9 Å². The molecule has 5 nitrogen and oxygen atoms in total. The van der Waals surface area contributed by atoms with Crippen LogP contribution >= 0.6 is 0 Å². The van der Waals surface area contributed by atoms with E-state index in [0.29, 0.717) is 13.1 Å². The topological polar surface area (TPSA) is 58.6 Å². The minimum absolute atomic E-state index is 0.0797. The Morgan fingerprint density at radius 1 is 1.07 bits per heavy atom. The molecule has 0 unspecified atom stereocenters. The molecule has 1 aliphatic heterocycles. The van der Waals surface area contributed by atoms with E-state index in [2.05, 4.69) is 10.2 Å². The van der Waals surface area contributed by atoms with E-state index in [4.69, 9.17) is 0 Å². The van der Waals surface area contributed by atoms with Gasteiger partial charge in [0, 0.05) is 5.92 Å². The second kappa shape index (κ2) is 8.15. The van der Waals surface area contributed by atoms with Gasteiger partial charge in [-0.3, -0.25) is 4.79 Å². The Morgan fingerprint density at radius 2 is 1.67 bits per heavy atom. The molecule has 1 heterocycles. The first-order chi connectivity index (χ1) is 12.5. The van der Waals surface area contributed by atoms with Gasteiger partial charge in [-0.2, -0.15) is 31.4 Å². The Morgan fingerprint density at radius 3 is 2.22 bits per heavy atom. The summed E-state index contributed by atoms with van der Waals surface area (Å²) in [7, 11) is 0. The van der Waals surface area contributed by atoms with E-state index < -0.39 is 47.8 Å². The molecule has 0 radical (unpaired) electrons. The summed E-state index contributed by atoms with van der Waals surface area (Å²) >= 11 is 0. The maximum atomic E-state index is 13.1. The predicted molar refractivity (Wildman–Crippen MR) is 79.7 cm³/mol. The Kier molecular flexibility index (Phi) is 6.34. The summed E-state index contributed by atoms with van der Waals surface area (Å²) in [5.41, 5.74) is -1.61. The summed E-state index contributed by atoms with van der Waals surface area (Å²) in [6, 6.07) is 4.08. The molecular formula is C16H16F6N2O3. The van der Waals surface area contributed by atoms with E-state index in [0.717, 1.165) is 18.2 Å². The molecule has 0 aliphatic carbocycles. The van der Waals surface area contributed by atoms with Crippen LogP contribution in [0.4, 0.5) is 26.3 Å². The van der Waals surface area contributed by atoms with Crippen molar-refractivity contribution >= 4 is 11.9 Å². The molecule has 27 heavy (non-hydrogen) atoms. The third-order valence-corrected chi connectivity index (χ3v) is 4.00. The minimum atomic E-state index is -5.39. The SMILES string of the molecule is O=C(C1CCNCC1)N(Cc1ccccc1C(F)(F)F)OC(=O)C(F)(F)F. The second-order valence-corrected chi connectivity index (χ2v) is 5.93. The Balaban J connectivity index is 2.30. The van der Waals surface area contributed by atoms with E-state index in [1.54, 1.807) is 0 Å². The van der Waals surface area contributed by atoms with Crippen LogP contribution in [0, 0.1) is 5.92 Å². The van der Waals surface area contributed by atoms with Crippen LogP contribution in [0.1, 0.15) is 24.0 Å². The van der Waals surface area contributed by atoms with Gasteiger partial charge >= 0.3 is 18.3 Å². The fourth-order valence-electron chi connectivity index (χ4n) is 2.67. The van der Waals surface area contributed by atoms with Crippen molar-refractivity contribution in [2.45, 2.75) is 31.7 Å². The molecule has 0 saturated carbocycles. The number of halogens is 6. The van der Waals surface area contributed by atoms with Gasteiger partial charge in [-0.1, -0.05) is 18.2 Å². The van der Waals surface area contributed by atoms with Crippen LogP contribution < -0.4 is 5.32 Å². The van der Waals surface area contributed by atoms with Crippen LogP contribution in [-0.2, 0) is 27.1 Å². The number of nitrogens with zero attached hydrogens (tertiary/aromatic N) is 1. The molecule has 1 fully saturated rings. The first kappa shape index (κ1) is 21.0. The summed E-state index contributed by atoms with van der Waals surface area (Å²) in [4.78, 5) is 27.8. The third-order valence-electron chi connectivity index (χ3n) is 4.00. The van der Waals surface area contributed by atoms with Crippen LogP contribution in [-0.4, -0.2) is 36.2 Å². The molecule has 1 amide bonds. The summed E-state index contributed by atoms with van der Waals surface area (Å²) in [5, 5.41) is 3.02. The van der Waals surface area contributed by atoms with Gasteiger partial charge in [-0.05, 0) is 37.6 Å². The molecule has 1 aromatic rings. The number of benzene rings is 1. The van der Waals surface area contributed by atoms with Crippen molar-refractivity contribution in [3.63, 3.8) is 0 Å². The highest BCUT2D eigenvalue weighted by Gasteiger charge is 2.44. The zero-order chi connectivity index (χ0) is 20.2. The summed E-state index contributed by atoms with van der Waals surface area (Å²) in [6.07, 6.45) is -9.65. The number of hydrogen-bond acceptors (Lipinski definition) is 4. The van der Waals surface area contributed by atoms with E-state index in [1.807, 2.05) is 0 Å². The van der Waals surface area contributed by atoms with Crippen molar-refractivity contribution in [1.82, 2.24) is 10.4 Å². The zero-order valence-electron chi connectivity index (χ0n) is 13.9. The fraction of sp³-hybridized carbons (Fsp3) is 0.500. The molecule has 0 atom stereocenters. The number of nitrogens with one attached hydrogen (secondary N) is 1. The molecular weight excluding hydrogens is 382 g/mol. The van der Waals surface area contributed by atoms with E-state index in [9.17, 15) is 35.9 Å². The van der Waals surface area contributed by atoms with Gasteiger partial charge in [-0.15, -0.1) is 0 Å². The normalized spacial score (nSPS) is 16.1. The average molecular weight is 398 g/mol. The standard InChI is InChI=1S/C16H16F6N2O3/c17-15(18,19)12-4-2-1-3-11(12)9-24(27-14(26)16(20,21)22)13(25)10-5-7-23-8-6-10/h1-4,10,23H,5-9H2. The first-order valence-electron chi connectivity index (χ1n) is 7.96. The monoisotopic (exact) mass is 398 g/mol. The maximum Gasteiger partial charge on any atom is 0.493 e. The number of hydrogen-bond donors (Lipinski definition) is 1. The van der Waals surface area contributed by atoms with Gasteiger partial charge in [0.2, 0.25) is 0 Å². The average Bonchev–Trinajstić information content (AvgIpc) is 2.60. The van der Waals surface area contributed by atoms with Crippen LogP contribution in [0.15, 0.2) is 24.3 Å². The van der Waals surface area contributed by atoms with Crippen molar-refractivity contribution in [3.8, 4) is 0 Å². The highest BCUT2D eigenvalue weighted by atomic mass is 19.4. The van der Waals surface area contributed by atoms with Gasteiger partial charge in [0.15, 0.2) is 0 Å². The van der Waals surface area contributed by atoms with Gasteiger partial charge in [-0.25, -0.2) is 4.79 Å². The molecule has 1 saturated heterocycles. The number of amides is 1. The largest absolute Gasteiger partial charge is 0.493 e. The van der Waals surface area contributed by atoms with Crippen molar-refractivity contribution in [3.05, 3.63) is 35.4 Å². The van der Waals surface area contributed by atoms with E-state index >= 15 is 0 Å². The second-order valence-electron chi connectivity index (χ2n) is 5.93. The van der Waals surface area contributed by atoms with Crippen LogP contribution in [0.3, 0.4) is 0 Å². The molecule has 150 valence electrons. The first-order valence-corrected chi connectivity index (χ1v) is 7.96. The van der Waals surface area contributed by atoms with Crippen LogP contribution in [0.2, 0.25) is 0 Å². The molecule has 0 aromatic heterocycles. The van der Waals surface area contributed by atoms with E-state index in [1.165, 1.54) is 6.07 Å². The summed E-state index contributed by atoms with van der Waals surface area (Å²) in [6.45, 7) is -0.118. The lowest BCUT2D eigenvalue weighted by atomic mass is 9.97. The highest BCUT2D eigenvalue weighted by Crippen LogP contribution is 2.33. The van der Waals surface area contributed by atoms with Crippen molar-refractivity contribution in [2.75, 3.05) is 13.1 Å².